The van der Waals surface area contributed by atoms with Crippen LogP contribution in [0.2, 0.25) is 5.02 Å². The number of rotatable bonds is 6. The minimum Gasteiger partial charge on any atom is -0.381 e. The molecule has 192 valence electrons. The zero-order valence-corrected chi connectivity index (χ0v) is 21.0. The number of nitrogens with one attached hydrogen (secondary N) is 3. The Morgan fingerprint density at radius 1 is 1.28 bits per heavy atom. The van der Waals surface area contributed by atoms with Gasteiger partial charge in [-0.15, -0.1) is 0 Å². The van der Waals surface area contributed by atoms with Gasteiger partial charge in [-0.25, -0.2) is 4.99 Å². The first-order valence-electron chi connectivity index (χ1n) is 12.0. The quantitative estimate of drug-likeness (QED) is 0.389. The Kier molecular flexibility index (Phi) is 6.87. The lowest BCUT2D eigenvalue weighted by Gasteiger charge is -2.28. The Morgan fingerprint density at radius 3 is 2.72 bits per heavy atom. The minimum absolute atomic E-state index is 0.0867. The Morgan fingerprint density at radius 2 is 2.06 bits per heavy atom. The van der Waals surface area contributed by atoms with Crippen LogP contribution in [0.15, 0.2) is 50.4 Å². The normalized spacial score (nSPS) is 28.5. The fraction of sp³-hybridized carbons (Fsp3) is 0.500. The van der Waals surface area contributed by atoms with Gasteiger partial charge in [0.05, 0.1) is 36.5 Å². The van der Waals surface area contributed by atoms with Crippen molar-refractivity contribution in [3.8, 4) is 0 Å². The first-order valence-corrected chi connectivity index (χ1v) is 12.4. The summed E-state index contributed by atoms with van der Waals surface area (Å²) in [5, 5.41) is 15.1. The van der Waals surface area contributed by atoms with E-state index in [1.165, 1.54) is 5.01 Å². The van der Waals surface area contributed by atoms with Crippen molar-refractivity contribution in [2.24, 2.45) is 21.9 Å². The van der Waals surface area contributed by atoms with Crippen LogP contribution in [-0.2, 0) is 14.3 Å². The minimum atomic E-state index is -0.235. The van der Waals surface area contributed by atoms with Crippen molar-refractivity contribution < 1.29 is 14.3 Å². The summed E-state index contributed by atoms with van der Waals surface area (Å²) >= 11 is 6.36. The fourth-order valence-electron chi connectivity index (χ4n) is 4.95. The Bertz CT molecular complexity index is 1210. The van der Waals surface area contributed by atoms with Crippen LogP contribution in [0, 0.1) is 11.8 Å². The molecule has 11 nitrogen and oxygen atoms in total. The van der Waals surface area contributed by atoms with E-state index in [0.717, 1.165) is 12.8 Å². The van der Waals surface area contributed by atoms with E-state index in [4.69, 9.17) is 21.1 Å². The molecule has 1 aromatic heterocycles. The number of halogens is 1. The van der Waals surface area contributed by atoms with Gasteiger partial charge in [-0.2, -0.15) is 10.1 Å². The average molecular weight is 516 g/mol. The molecular formula is C24H30ClN7O4. The van der Waals surface area contributed by atoms with Gasteiger partial charge in [0.2, 0.25) is 0 Å². The monoisotopic (exact) mass is 515 g/mol. The van der Waals surface area contributed by atoms with Crippen molar-refractivity contribution >= 4 is 35.7 Å². The Hall–Kier alpha value is -3.15. The van der Waals surface area contributed by atoms with Crippen LogP contribution in [0.3, 0.4) is 0 Å². The summed E-state index contributed by atoms with van der Waals surface area (Å²) in [6.45, 7) is 7.82. The number of carbonyl (C=O) groups excluding carboxylic acids is 1. The number of nitrogens with zero attached hydrogens (tertiary/aromatic N) is 4. The Labute approximate surface area is 213 Å². The highest BCUT2D eigenvalue weighted by molar-refractivity contribution is 6.30. The van der Waals surface area contributed by atoms with E-state index in [-0.39, 0.29) is 29.2 Å². The molecule has 4 aliphatic rings. The number of amidine groups is 1. The summed E-state index contributed by atoms with van der Waals surface area (Å²) in [5.74, 6) is 1.69. The second kappa shape index (κ2) is 10.1. The zero-order valence-electron chi connectivity index (χ0n) is 20.3. The number of carbonyl (C=O) groups is 1. The van der Waals surface area contributed by atoms with Crippen molar-refractivity contribution in [1.82, 2.24) is 20.2 Å². The summed E-state index contributed by atoms with van der Waals surface area (Å²) < 4.78 is 12.6. The summed E-state index contributed by atoms with van der Waals surface area (Å²) in [4.78, 5) is 31.0. The molecule has 0 radical (unpaired) electrons. The molecule has 2 saturated heterocycles. The van der Waals surface area contributed by atoms with E-state index in [1.54, 1.807) is 36.9 Å². The second-order valence-electron chi connectivity index (χ2n) is 9.32. The zero-order chi connectivity index (χ0) is 25.4. The average Bonchev–Trinajstić information content (AvgIpc) is 3.29. The number of pyridine rings is 1. The first kappa shape index (κ1) is 24.5. The largest absolute Gasteiger partial charge is 0.381 e. The number of hydrogen-bond donors (Lipinski definition) is 3. The van der Waals surface area contributed by atoms with Gasteiger partial charge in [-0.3, -0.25) is 9.59 Å². The molecule has 5 rings (SSSR count). The second-order valence-corrected chi connectivity index (χ2v) is 9.76. The molecule has 3 N–H and O–H groups in total. The third-order valence-electron chi connectivity index (χ3n) is 7.05. The number of ether oxygens (including phenoxy) is 2. The highest BCUT2D eigenvalue weighted by atomic mass is 35.5. The molecule has 3 fully saturated rings. The maximum absolute atomic E-state index is 13.3. The van der Waals surface area contributed by atoms with Crippen molar-refractivity contribution in [1.29, 1.82) is 0 Å². The van der Waals surface area contributed by atoms with Gasteiger partial charge < -0.3 is 30.0 Å². The number of anilines is 1. The van der Waals surface area contributed by atoms with Crippen molar-refractivity contribution in [3.05, 3.63) is 50.9 Å². The molecule has 12 heteroatoms. The van der Waals surface area contributed by atoms with Gasteiger partial charge in [0.1, 0.15) is 17.3 Å². The van der Waals surface area contributed by atoms with E-state index >= 15 is 0 Å². The molecule has 1 unspecified atom stereocenters. The number of aliphatic imine (C=N–C) groups is 1. The van der Waals surface area contributed by atoms with E-state index in [1.807, 2.05) is 0 Å². The van der Waals surface area contributed by atoms with Gasteiger partial charge in [0.15, 0.2) is 5.82 Å². The number of fused-ring (bicyclic) bond motifs is 1. The van der Waals surface area contributed by atoms with Crippen molar-refractivity contribution in [3.63, 3.8) is 0 Å². The van der Waals surface area contributed by atoms with E-state index < -0.39 is 0 Å². The lowest BCUT2D eigenvalue weighted by molar-refractivity contribution is -0.118. The molecule has 0 bridgehead atoms. The standard InChI is InChI=1S/C24H30ClN7O4/c1-13(23(33)30-21-16-11-36-12-17(16)21)22-29-19(8-20(26-2)32(22)27-3)28-18-7-14(25)9-31(24(18)34)15-5-4-6-35-10-15/h7-9,15-17,21,26H,3-6,10-12H2,1-2H3,(H,28,29)(H,30,33)/b22-13+/t15?,16-,17+,21+. The predicted octanol–water partition coefficient (Wildman–Crippen LogP) is 1.65. The van der Waals surface area contributed by atoms with E-state index in [2.05, 4.69) is 32.8 Å². The van der Waals surface area contributed by atoms with Gasteiger partial charge in [0.25, 0.3) is 11.5 Å². The maximum Gasteiger partial charge on any atom is 0.274 e. The van der Waals surface area contributed by atoms with Crippen LogP contribution in [0.5, 0.6) is 0 Å². The summed E-state index contributed by atoms with van der Waals surface area (Å²) in [6.07, 6.45) is 5.02. The van der Waals surface area contributed by atoms with Crippen LogP contribution < -0.4 is 21.5 Å². The number of hydrazone groups is 1. The molecular weight excluding hydrogens is 486 g/mol. The number of hydrogen-bond acceptors (Lipinski definition) is 9. The lowest BCUT2D eigenvalue weighted by atomic mass is 10.1. The van der Waals surface area contributed by atoms with Crippen molar-refractivity contribution in [2.45, 2.75) is 31.8 Å². The van der Waals surface area contributed by atoms with Gasteiger partial charge in [0, 0.05) is 50.5 Å². The molecule has 1 amide bonds. The van der Waals surface area contributed by atoms with Crippen molar-refractivity contribution in [2.75, 3.05) is 38.8 Å². The molecule has 0 aromatic carbocycles. The smallest absolute Gasteiger partial charge is 0.274 e. The van der Waals surface area contributed by atoms with E-state index in [9.17, 15) is 9.59 Å². The molecule has 1 saturated carbocycles. The van der Waals surface area contributed by atoms with E-state index in [0.29, 0.717) is 66.3 Å². The van der Waals surface area contributed by atoms with Gasteiger partial charge in [-0.1, -0.05) is 11.6 Å². The van der Waals surface area contributed by atoms with Crippen LogP contribution in [0.1, 0.15) is 25.8 Å². The molecule has 0 spiro atoms. The maximum atomic E-state index is 13.3. The van der Waals surface area contributed by atoms with Crippen LogP contribution >= 0.6 is 11.6 Å². The fourth-order valence-corrected chi connectivity index (χ4v) is 5.17. The summed E-state index contributed by atoms with van der Waals surface area (Å²) in [7, 11) is 1.72. The van der Waals surface area contributed by atoms with Crippen LogP contribution in [0.4, 0.5) is 5.69 Å². The molecule has 3 aliphatic heterocycles. The molecule has 36 heavy (non-hydrogen) atoms. The predicted molar refractivity (Wildman–Crippen MR) is 137 cm³/mol. The van der Waals surface area contributed by atoms with Crippen LogP contribution in [0.25, 0.3) is 0 Å². The molecule has 1 aromatic rings. The molecule has 4 atom stereocenters. The third kappa shape index (κ3) is 4.65. The van der Waals surface area contributed by atoms with Crippen LogP contribution in [-0.4, -0.2) is 67.6 Å². The highest BCUT2D eigenvalue weighted by Gasteiger charge is 2.54. The molecule has 1 aliphatic carbocycles. The van der Waals surface area contributed by atoms with Gasteiger partial charge in [-0.05, 0) is 25.8 Å². The third-order valence-corrected chi connectivity index (χ3v) is 7.26. The lowest BCUT2D eigenvalue weighted by Crippen LogP contribution is -2.36. The topological polar surface area (TPSA) is 122 Å². The van der Waals surface area contributed by atoms with Gasteiger partial charge >= 0.3 is 0 Å². The number of aromatic nitrogens is 1. The number of amides is 1. The molecule has 4 heterocycles. The summed E-state index contributed by atoms with van der Waals surface area (Å²) in [6, 6.07) is 1.59. The first-order chi connectivity index (χ1) is 17.4. The SMILES string of the molecule is C=NN1C(NC)=CC(Nc2cc(Cl)cn(C3CCCOC3)c2=O)=N/C1=C(/C)C(=O)N[C@H]1[C@@H]2COC[C@@H]21. The highest BCUT2D eigenvalue weighted by Crippen LogP contribution is 2.44. The summed E-state index contributed by atoms with van der Waals surface area (Å²) in [5.41, 5.74) is 0.408. The Balaban J connectivity index is 1.44.